The maximum absolute atomic E-state index is 12.1. The van der Waals surface area contributed by atoms with Crippen molar-refractivity contribution in [2.45, 2.75) is 12.8 Å². The number of nitriles is 1. The highest BCUT2D eigenvalue weighted by molar-refractivity contribution is 6.30. The summed E-state index contributed by atoms with van der Waals surface area (Å²) in [6.45, 7) is 1.65. The van der Waals surface area contributed by atoms with Gasteiger partial charge in [0.2, 0.25) is 5.91 Å². The lowest BCUT2D eigenvalue weighted by Crippen LogP contribution is -2.34. The molecule has 0 aliphatic heterocycles. The Bertz CT molecular complexity index is 508. The van der Waals surface area contributed by atoms with Gasteiger partial charge in [0.25, 0.3) is 0 Å². The molecule has 0 fully saturated rings. The van der Waals surface area contributed by atoms with Crippen LogP contribution in [0.1, 0.15) is 18.4 Å². The van der Waals surface area contributed by atoms with Crippen molar-refractivity contribution in [3.63, 3.8) is 0 Å². The summed E-state index contributed by atoms with van der Waals surface area (Å²) < 4.78 is 0. The number of hydrogen-bond donors (Lipinski definition) is 1. The molecule has 0 saturated carbocycles. The molecule has 0 unspecified atom stereocenters. The smallest absolute Gasteiger partial charge is 0.244 e. The summed E-state index contributed by atoms with van der Waals surface area (Å²) >= 11 is 5.84. The van der Waals surface area contributed by atoms with Gasteiger partial charge in [-0.1, -0.05) is 30.7 Å². The van der Waals surface area contributed by atoms with Crippen LogP contribution in [0.2, 0.25) is 5.02 Å². The SMILES string of the molecule is CNC(=O)[C@@H](C#N)C(=O)[C@@H](C)c1cccc(Cl)c1. The summed E-state index contributed by atoms with van der Waals surface area (Å²) in [5, 5.41) is 11.7. The van der Waals surface area contributed by atoms with Gasteiger partial charge in [-0.05, 0) is 17.7 Å². The first kappa shape index (κ1) is 14.2. The van der Waals surface area contributed by atoms with E-state index in [4.69, 9.17) is 16.9 Å². The Morgan fingerprint density at radius 1 is 1.44 bits per heavy atom. The topological polar surface area (TPSA) is 70.0 Å². The molecule has 0 bridgehead atoms. The van der Waals surface area contributed by atoms with E-state index in [2.05, 4.69) is 5.32 Å². The summed E-state index contributed by atoms with van der Waals surface area (Å²) in [6, 6.07) is 8.54. The van der Waals surface area contributed by atoms with E-state index < -0.39 is 23.5 Å². The molecule has 0 saturated heterocycles. The third kappa shape index (κ3) is 3.08. The molecule has 0 aromatic heterocycles. The van der Waals surface area contributed by atoms with Crippen molar-refractivity contribution in [1.82, 2.24) is 5.32 Å². The van der Waals surface area contributed by atoms with Gasteiger partial charge in [-0.25, -0.2) is 0 Å². The number of benzene rings is 1. The van der Waals surface area contributed by atoms with Crippen molar-refractivity contribution in [1.29, 1.82) is 5.26 Å². The molecule has 5 heteroatoms. The molecule has 1 amide bonds. The van der Waals surface area contributed by atoms with Gasteiger partial charge in [0, 0.05) is 18.0 Å². The Labute approximate surface area is 111 Å². The van der Waals surface area contributed by atoms with Gasteiger partial charge < -0.3 is 5.32 Å². The van der Waals surface area contributed by atoms with Gasteiger partial charge in [0.1, 0.15) is 0 Å². The zero-order valence-corrected chi connectivity index (χ0v) is 10.9. The van der Waals surface area contributed by atoms with Crippen molar-refractivity contribution in [3.8, 4) is 6.07 Å². The lowest BCUT2D eigenvalue weighted by Gasteiger charge is -2.14. The lowest BCUT2D eigenvalue weighted by molar-refractivity contribution is -0.132. The van der Waals surface area contributed by atoms with Gasteiger partial charge in [-0.2, -0.15) is 5.26 Å². The van der Waals surface area contributed by atoms with E-state index in [0.29, 0.717) is 10.6 Å². The van der Waals surface area contributed by atoms with Crippen molar-refractivity contribution >= 4 is 23.3 Å². The van der Waals surface area contributed by atoms with Crippen LogP contribution in [0.5, 0.6) is 0 Å². The Balaban J connectivity index is 2.97. The van der Waals surface area contributed by atoms with Gasteiger partial charge in [0.05, 0.1) is 6.07 Å². The van der Waals surface area contributed by atoms with E-state index in [1.54, 1.807) is 37.3 Å². The molecule has 0 heterocycles. The first-order valence-electron chi connectivity index (χ1n) is 5.41. The lowest BCUT2D eigenvalue weighted by atomic mass is 9.89. The predicted molar refractivity (Wildman–Crippen MR) is 68.0 cm³/mol. The van der Waals surface area contributed by atoms with Crippen molar-refractivity contribution in [2.75, 3.05) is 7.05 Å². The monoisotopic (exact) mass is 264 g/mol. The summed E-state index contributed by atoms with van der Waals surface area (Å²) in [6.07, 6.45) is 0. The minimum Gasteiger partial charge on any atom is -0.358 e. The van der Waals surface area contributed by atoms with Crippen LogP contribution in [0, 0.1) is 17.2 Å². The Morgan fingerprint density at radius 2 is 2.11 bits per heavy atom. The zero-order chi connectivity index (χ0) is 13.7. The van der Waals surface area contributed by atoms with Crippen LogP contribution in [-0.4, -0.2) is 18.7 Å². The summed E-state index contributed by atoms with van der Waals surface area (Å²) in [5.74, 6) is -2.86. The Kier molecular flexibility index (Phi) is 4.87. The summed E-state index contributed by atoms with van der Waals surface area (Å²) in [7, 11) is 1.39. The number of carbonyl (C=O) groups excluding carboxylic acids is 2. The van der Waals surface area contributed by atoms with E-state index in [-0.39, 0.29) is 0 Å². The minimum atomic E-state index is -1.29. The van der Waals surface area contributed by atoms with Crippen LogP contribution in [-0.2, 0) is 9.59 Å². The molecule has 1 aromatic carbocycles. The molecule has 1 N–H and O–H groups in total. The number of nitrogens with zero attached hydrogens (tertiary/aromatic N) is 1. The molecule has 2 atom stereocenters. The molecule has 18 heavy (non-hydrogen) atoms. The summed E-state index contributed by atoms with van der Waals surface area (Å²) in [5.41, 5.74) is 0.691. The highest BCUT2D eigenvalue weighted by Crippen LogP contribution is 2.22. The van der Waals surface area contributed by atoms with Crippen molar-refractivity contribution in [3.05, 3.63) is 34.9 Å². The van der Waals surface area contributed by atoms with Crippen molar-refractivity contribution < 1.29 is 9.59 Å². The standard InChI is InChI=1S/C13H13ClN2O2/c1-8(9-4-3-5-10(14)6-9)12(17)11(7-15)13(18)16-2/h3-6,8,11H,1-2H3,(H,16,18)/t8-,11-/m0/s1. The predicted octanol–water partition coefficient (Wildman–Crippen LogP) is 1.90. The second-order valence-electron chi connectivity index (χ2n) is 3.86. The molecule has 1 rings (SSSR count). The highest BCUT2D eigenvalue weighted by Gasteiger charge is 2.30. The molecule has 0 radical (unpaired) electrons. The quantitative estimate of drug-likeness (QED) is 0.845. The van der Waals surface area contributed by atoms with Crippen LogP contribution < -0.4 is 5.32 Å². The fourth-order valence-corrected chi connectivity index (χ4v) is 1.78. The number of rotatable bonds is 4. The van der Waals surface area contributed by atoms with Crippen molar-refractivity contribution in [2.24, 2.45) is 5.92 Å². The zero-order valence-electron chi connectivity index (χ0n) is 10.1. The normalized spacial score (nSPS) is 13.2. The maximum Gasteiger partial charge on any atom is 0.244 e. The number of ketones is 1. The largest absolute Gasteiger partial charge is 0.358 e. The molecule has 0 aliphatic carbocycles. The second kappa shape index (κ2) is 6.18. The average Bonchev–Trinajstić information content (AvgIpc) is 2.38. The van der Waals surface area contributed by atoms with E-state index in [0.717, 1.165) is 0 Å². The molecular formula is C13H13ClN2O2. The number of nitrogens with one attached hydrogen (secondary N) is 1. The number of carbonyl (C=O) groups is 2. The summed E-state index contributed by atoms with van der Waals surface area (Å²) in [4.78, 5) is 23.5. The Hall–Kier alpha value is -1.86. The molecule has 1 aromatic rings. The fourth-order valence-electron chi connectivity index (χ4n) is 1.59. The van der Waals surface area contributed by atoms with E-state index in [9.17, 15) is 9.59 Å². The number of halogens is 1. The van der Waals surface area contributed by atoms with Crippen LogP contribution >= 0.6 is 11.6 Å². The minimum absolute atomic E-state index is 0.431. The molecule has 4 nitrogen and oxygen atoms in total. The number of hydrogen-bond acceptors (Lipinski definition) is 3. The highest BCUT2D eigenvalue weighted by atomic mass is 35.5. The van der Waals surface area contributed by atoms with Crippen LogP contribution in [0.4, 0.5) is 0 Å². The average molecular weight is 265 g/mol. The van der Waals surface area contributed by atoms with Gasteiger partial charge in [-0.3, -0.25) is 9.59 Å². The molecular weight excluding hydrogens is 252 g/mol. The van der Waals surface area contributed by atoms with E-state index in [1.807, 2.05) is 0 Å². The van der Waals surface area contributed by atoms with Gasteiger partial charge in [-0.15, -0.1) is 0 Å². The number of amides is 1. The third-order valence-corrected chi connectivity index (χ3v) is 2.93. The molecule has 94 valence electrons. The fraction of sp³-hybridized carbons (Fsp3) is 0.308. The van der Waals surface area contributed by atoms with E-state index in [1.165, 1.54) is 7.05 Å². The van der Waals surface area contributed by atoms with Crippen LogP contribution in [0.15, 0.2) is 24.3 Å². The second-order valence-corrected chi connectivity index (χ2v) is 4.29. The van der Waals surface area contributed by atoms with Crippen LogP contribution in [0.3, 0.4) is 0 Å². The Morgan fingerprint density at radius 3 is 2.61 bits per heavy atom. The van der Waals surface area contributed by atoms with Gasteiger partial charge in [0.15, 0.2) is 11.7 Å². The molecule has 0 spiro atoms. The van der Waals surface area contributed by atoms with E-state index >= 15 is 0 Å². The maximum atomic E-state index is 12.1. The third-order valence-electron chi connectivity index (χ3n) is 2.70. The number of Topliss-reactive ketones (excluding diaryl/α,β-unsaturated/α-hetero) is 1. The molecule has 0 aliphatic rings. The first-order valence-corrected chi connectivity index (χ1v) is 5.79. The first-order chi connectivity index (χ1) is 8.51. The van der Waals surface area contributed by atoms with Gasteiger partial charge >= 0.3 is 0 Å². The van der Waals surface area contributed by atoms with Crippen LogP contribution in [0.25, 0.3) is 0 Å².